The second-order valence-electron chi connectivity index (χ2n) is 6.43. The average Bonchev–Trinajstić information content (AvgIpc) is 2.87. The van der Waals surface area contributed by atoms with Crippen molar-refractivity contribution in [1.29, 1.82) is 5.26 Å². The van der Waals surface area contributed by atoms with Gasteiger partial charge in [-0.2, -0.15) is 5.26 Å². The number of rotatable bonds is 2. The minimum absolute atomic E-state index is 0.360. The summed E-state index contributed by atoms with van der Waals surface area (Å²) in [6.45, 7) is 6.40. The lowest BCUT2D eigenvalue weighted by Crippen LogP contribution is -2.31. The van der Waals surface area contributed by atoms with Crippen LogP contribution in [-0.2, 0) is 19.5 Å². The molecular weight excluding hydrogens is 296 g/mol. The topological polar surface area (TPSA) is 44.9 Å². The van der Waals surface area contributed by atoms with Crippen molar-refractivity contribution in [1.82, 2.24) is 9.55 Å². The quantitative estimate of drug-likeness (QED) is 0.723. The zero-order valence-corrected chi connectivity index (χ0v) is 14.1. The van der Waals surface area contributed by atoms with Crippen molar-refractivity contribution >= 4 is 16.7 Å². The lowest BCUT2D eigenvalue weighted by Gasteiger charge is -2.30. The van der Waals surface area contributed by atoms with Crippen molar-refractivity contribution in [3.8, 4) is 6.07 Å². The first-order chi connectivity index (χ1) is 11.7. The van der Waals surface area contributed by atoms with Crippen LogP contribution >= 0.6 is 0 Å². The molecule has 4 heteroatoms. The third kappa shape index (κ3) is 2.16. The Morgan fingerprint density at radius 3 is 2.75 bits per heavy atom. The Morgan fingerprint density at radius 1 is 1.17 bits per heavy atom. The molecule has 0 saturated heterocycles. The van der Waals surface area contributed by atoms with Crippen LogP contribution in [0.4, 0.5) is 5.82 Å². The molecule has 0 spiro atoms. The fourth-order valence-electron chi connectivity index (χ4n) is 3.75. The van der Waals surface area contributed by atoms with Crippen molar-refractivity contribution in [2.24, 2.45) is 0 Å². The van der Waals surface area contributed by atoms with Crippen LogP contribution in [0.25, 0.3) is 10.9 Å². The van der Waals surface area contributed by atoms with Crippen LogP contribution in [0.1, 0.15) is 22.4 Å². The summed E-state index contributed by atoms with van der Waals surface area (Å²) in [5.74, 6) is 0.994. The van der Waals surface area contributed by atoms with Gasteiger partial charge in [-0.1, -0.05) is 24.3 Å². The summed E-state index contributed by atoms with van der Waals surface area (Å²) in [6.07, 6.45) is 2.92. The van der Waals surface area contributed by atoms with Gasteiger partial charge in [-0.3, -0.25) is 0 Å². The second kappa shape index (κ2) is 5.68. The van der Waals surface area contributed by atoms with Gasteiger partial charge in [-0.05, 0) is 43.0 Å². The molecule has 4 rings (SSSR count). The number of aryl methyl sites for hydroxylation is 1. The van der Waals surface area contributed by atoms with Gasteiger partial charge in [-0.15, -0.1) is 0 Å². The van der Waals surface area contributed by atoms with E-state index in [4.69, 9.17) is 4.98 Å². The van der Waals surface area contributed by atoms with Gasteiger partial charge >= 0.3 is 0 Å². The van der Waals surface area contributed by atoms with Gasteiger partial charge in [0.1, 0.15) is 6.54 Å². The molecule has 0 aliphatic carbocycles. The van der Waals surface area contributed by atoms with Crippen LogP contribution in [0, 0.1) is 25.2 Å². The molecule has 4 nitrogen and oxygen atoms in total. The number of pyridine rings is 1. The number of nitrogens with zero attached hydrogens (tertiary/aromatic N) is 4. The van der Waals surface area contributed by atoms with E-state index < -0.39 is 0 Å². The first kappa shape index (κ1) is 14.8. The van der Waals surface area contributed by atoms with Gasteiger partial charge < -0.3 is 9.47 Å². The van der Waals surface area contributed by atoms with Crippen molar-refractivity contribution in [3.63, 3.8) is 0 Å². The Balaban J connectivity index is 1.86. The Labute approximate surface area is 142 Å². The minimum atomic E-state index is 0.360. The number of hydrogen-bond acceptors (Lipinski definition) is 3. The summed E-state index contributed by atoms with van der Waals surface area (Å²) in [4.78, 5) is 7.04. The highest BCUT2D eigenvalue weighted by Crippen LogP contribution is 2.33. The van der Waals surface area contributed by atoms with Crippen LogP contribution in [-0.4, -0.2) is 16.1 Å². The van der Waals surface area contributed by atoms with Gasteiger partial charge in [0, 0.05) is 30.4 Å². The molecule has 0 amide bonds. The normalized spacial score (nSPS) is 13.8. The van der Waals surface area contributed by atoms with E-state index in [1.54, 1.807) is 0 Å². The highest BCUT2D eigenvalue weighted by atomic mass is 15.2. The molecule has 0 fully saturated rings. The number of anilines is 1. The van der Waals surface area contributed by atoms with E-state index in [0.29, 0.717) is 6.54 Å². The van der Waals surface area contributed by atoms with E-state index in [2.05, 4.69) is 59.7 Å². The summed E-state index contributed by atoms with van der Waals surface area (Å²) in [5.41, 5.74) is 6.28. The summed E-state index contributed by atoms with van der Waals surface area (Å²) in [6, 6.07) is 13.0. The maximum Gasteiger partial charge on any atom is 0.153 e. The van der Waals surface area contributed by atoms with Gasteiger partial charge in [-0.25, -0.2) is 4.98 Å². The monoisotopic (exact) mass is 316 g/mol. The molecule has 0 bridgehead atoms. The van der Waals surface area contributed by atoms with E-state index >= 15 is 0 Å². The van der Waals surface area contributed by atoms with Gasteiger partial charge in [0.2, 0.25) is 0 Å². The predicted molar refractivity (Wildman–Crippen MR) is 96.0 cm³/mol. The Hall–Kier alpha value is -2.80. The van der Waals surface area contributed by atoms with Crippen molar-refractivity contribution in [3.05, 3.63) is 58.9 Å². The number of nitriles is 1. The van der Waals surface area contributed by atoms with E-state index in [9.17, 15) is 5.26 Å². The molecule has 3 heterocycles. The molecule has 2 aromatic heterocycles. The number of benzene rings is 1. The third-order valence-electron chi connectivity index (χ3n) is 5.19. The molecule has 0 N–H and O–H groups in total. The maximum absolute atomic E-state index is 9.24. The lowest BCUT2D eigenvalue weighted by atomic mass is 10.00. The van der Waals surface area contributed by atoms with Crippen LogP contribution in [0.3, 0.4) is 0 Å². The van der Waals surface area contributed by atoms with E-state index in [-0.39, 0.29) is 0 Å². The van der Waals surface area contributed by atoms with Crippen LogP contribution in [0.2, 0.25) is 0 Å². The second-order valence-corrected chi connectivity index (χ2v) is 6.43. The van der Waals surface area contributed by atoms with Crippen LogP contribution < -0.4 is 4.90 Å². The van der Waals surface area contributed by atoms with Gasteiger partial charge in [0.05, 0.1) is 11.6 Å². The molecule has 1 aliphatic rings. The summed E-state index contributed by atoms with van der Waals surface area (Å²) >= 11 is 0. The summed E-state index contributed by atoms with van der Waals surface area (Å²) < 4.78 is 2.10. The molecule has 3 aromatic rings. The zero-order chi connectivity index (χ0) is 16.7. The molecule has 1 aliphatic heterocycles. The third-order valence-corrected chi connectivity index (χ3v) is 5.19. The van der Waals surface area contributed by atoms with E-state index in [0.717, 1.165) is 36.5 Å². The van der Waals surface area contributed by atoms with Crippen LogP contribution in [0.5, 0.6) is 0 Å². The van der Waals surface area contributed by atoms with Crippen molar-refractivity contribution < 1.29 is 0 Å². The molecule has 0 radical (unpaired) electrons. The Kier molecular flexibility index (Phi) is 3.50. The molecule has 24 heavy (non-hydrogen) atoms. The highest BCUT2D eigenvalue weighted by Gasteiger charge is 2.22. The summed E-state index contributed by atoms with van der Waals surface area (Å²) in [7, 11) is 0. The van der Waals surface area contributed by atoms with Crippen molar-refractivity contribution in [2.45, 2.75) is 33.4 Å². The van der Waals surface area contributed by atoms with Crippen LogP contribution in [0.15, 0.2) is 36.5 Å². The standard InChI is InChI=1S/C20H20N4/c1-14-15(2)24(12-9-21)19-18(14)7-10-22-20(19)23-11-8-16-5-3-4-6-17(16)13-23/h3-7,10H,8,11-13H2,1-2H3. The number of fused-ring (bicyclic) bond motifs is 2. The maximum atomic E-state index is 9.24. The van der Waals surface area contributed by atoms with E-state index in [1.165, 1.54) is 22.1 Å². The predicted octanol–water partition coefficient (Wildman–Crippen LogP) is 3.74. The number of hydrogen-bond donors (Lipinski definition) is 0. The smallest absolute Gasteiger partial charge is 0.153 e. The Bertz CT molecular complexity index is 962. The SMILES string of the molecule is Cc1c(C)n(CC#N)c2c(N3CCc4ccccc4C3)nccc12. The Morgan fingerprint density at radius 2 is 1.96 bits per heavy atom. The largest absolute Gasteiger partial charge is 0.350 e. The molecule has 0 unspecified atom stereocenters. The molecule has 0 saturated carbocycles. The lowest BCUT2D eigenvalue weighted by molar-refractivity contribution is 0.719. The molecule has 0 atom stereocenters. The fraction of sp³-hybridized carbons (Fsp3) is 0.300. The highest BCUT2D eigenvalue weighted by molar-refractivity contribution is 5.93. The number of aromatic nitrogens is 2. The van der Waals surface area contributed by atoms with Gasteiger partial charge in [0.15, 0.2) is 5.82 Å². The van der Waals surface area contributed by atoms with Gasteiger partial charge in [0.25, 0.3) is 0 Å². The molecule has 120 valence electrons. The van der Waals surface area contributed by atoms with Crippen molar-refractivity contribution in [2.75, 3.05) is 11.4 Å². The molecular formula is C20H20N4. The minimum Gasteiger partial charge on any atom is -0.350 e. The fourth-order valence-corrected chi connectivity index (χ4v) is 3.75. The van der Waals surface area contributed by atoms with E-state index in [1.807, 2.05) is 6.20 Å². The average molecular weight is 316 g/mol. The molecule has 1 aromatic carbocycles. The zero-order valence-electron chi connectivity index (χ0n) is 14.1. The summed E-state index contributed by atoms with van der Waals surface area (Å²) in [5, 5.41) is 10.4. The first-order valence-corrected chi connectivity index (χ1v) is 8.33. The first-order valence-electron chi connectivity index (χ1n) is 8.33.